The van der Waals surface area contributed by atoms with Crippen LogP contribution in [0.15, 0.2) is 18.2 Å². The van der Waals surface area contributed by atoms with Gasteiger partial charge in [-0.05, 0) is 36.6 Å². The zero-order valence-corrected chi connectivity index (χ0v) is 7.30. The lowest BCUT2D eigenvalue weighted by molar-refractivity contribution is 0.407. The molecule has 0 aromatic heterocycles. The van der Waals surface area contributed by atoms with E-state index in [0.29, 0.717) is 5.75 Å². The van der Waals surface area contributed by atoms with Crippen molar-refractivity contribution in [1.29, 1.82) is 0 Å². The van der Waals surface area contributed by atoms with E-state index in [2.05, 4.69) is 6.92 Å². The fourth-order valence-electron chi connectivity index (χ4n) is 1.09. The van der Waals surface area contributed by atoms with E-state index in [9.17, 15) is 4.39 Å². The number of rotatable bonds is 2. The van der Waals surface area contributed by atoms with Crippen LogP contribution in [0.2, 0.25) is 0 Å². The average molecular weight is 167 g/mol. The lowest BCUT2D eigenvalue weighted by Crippen LogP contribution is -1.94. The van der Waals surface area contributed by atoms with E-state index >= 15 is 0 Å². The maximum absolute atomic E-state index is 12.8. The van der Waals surface area contributed by atoms with Crippen LogP contribution >= 0.6 is 0 Å². The predicted molar refractivity (Wildman–Crippen MR) is 46.7 cm³/mol. The summed E-state index contributed by atoms with van der Waals surface area (Å²) in [5.41, 5.74) is 0.803. The number of ether oxygens (including phenoxy) is 1. The molecule has 1 radical (unpaired) electrons. The molecule has 1 atom stereocenters. The van der Waals surface area contributed by atoms with Crippen LogP contribution in [0.5, 0.6) is 5.75 Å². The molecule has 0 spiro atoms. The summed E-state index contributed by atoms with van der Waals surface area (Å²) in [6, 6.07) is 4.45. The molecule has 0 fully saturated rings. The van der Waals surface area contributed by atoms with Crippen molar-refractivity contribution in [3.63, 3.8) is 0 Å². The molecule has 1 unspecified atom stereocenters. The highest BCUT2D eigenvalue weighted by molar-refractivity contribution is 5.36. The Hall–Kier alpha value is -1.05. The van der Waals surface area contributed by atoms with Gasteiger partial charge in [0.15, 0.2) is 0 Å². The second kappa shape index (κ2) is 3.57. The minimum atomic E-state index is -0.249. The summed E-state index contributed by atoms with van der Waals surface area (Å²) in [5, 5.41) is 0. The van der Waals surface area contributed by atoms with Gasteiger partial charge >= 0.3 is 0 Å². The fraction of sp³-hybridized carbons (Fsp3) is 0.300. The first-order valence-electron chi connectivity index (χ1n) is 3.81. The Balaban J connectivity index is 3.12. The normalized spacial score (nSPS) is 10.4. The van der Waals surface area contributed by atoms with Gasteiger partial charge in [0.2, 0.25) is 0 Å². The molecule has 2 heteroatoms. The lowest BCUT2D eigenvalue weighted by Gasteiger charge is -2.10. The number of benzene rings is 1. The van der Waals surface area contributed by atoms with Crippen molar-refractivity contribution in [1.82, 2.24) is 0 Å². The van der Waals surface area contributed by atoms with Gasteiger partial charge in [0, 0.05) is 0 Å². The molecular weight excluding hydrogens is 155 g/mol. The van der Waals surface area contributed by atoms with Gasteiger partial charge < -0.3 is 4.74 Å². The van der Waals surface area contributed by atoms with E-state index in [4.69, 9.17) is 4.74 Å². The SMILES string of the molecule is [CH2]C(C)c1cc(F)ccc1OC. The van der Waals surface area contributed by atoms with Crippen molar-refractivity contribution in [2.75, 3.05) is 7.11 Å². The van der Waals surface area contributed by atoms with Gasteiger partial charge in [-0.3, -0.25) is 0 Å². The summed E-state index contributed by atoms with van der Waals surface area (Å²) in [6.45, 7) is 5.71. The van der Waals surface area contributed by atoms with Crippen LogP contribution in [-0.2, 0) is 0 Å². The summed E-state index contributed by atoms with van der Waals surface area (Å²) in [4.78, 5) is 0. The molecule has 0 N–H and O–H groups in total. The van der Waals surface area contributed by atoms with Crippen molar-refractivity contribution in [3.8, 4) is 5.75 Å². The third kappa shape index (κ3) is 1.76. The van der Waals surface area contributed by atoms with Crippen LogP contribution in [-0.4, -0.2) is 7.11 Å². The first kappa shape index (κ1) is 9.04. The Kier molecular flexibility index (Phi) is 2.69. The first-order chi connectivity index (χ1) is 5.65. The molecule has 1 rings (SSSR count). The molecule has 65 valence electrons. The van der Waals surface area contributed by atoms with Crippen LogP contribution in [0.1, 0.15) is 18.4 Å². The van der Waals surface area contributed by atoms with Crippen LogP contribution in [0.4, 0.5) is 4.39 Å². The maximum atomic E-state index is 12.8. The van der Waals surface area contributed by atoms with Crippen molar-refractivity contribution in [2.24, 2.45) is 0 Å². The second-order valence-corrected chi connectivity index (χ2v) is 2.79. The van der Waals surface area contributed by atoms with Crippen molar-refractivity contribution in [2.45, 2.75) is 12.8 Å². The molecular formula is C10H12FO. The Morgan fingerprint density at radius 3 is 2.67 bits per heavy atom. The van der Waals surface area contributed by atoms with E-state index in [1.807, 2.05) is 6.92 Å². The summed E-state index contributed by atoms with van der Waals surface area (Å²) >= 11 is 0. The standard InChI is InChI=1S/C10H12FO/c1-7(2)9-6-8(11)4-5-10(9)12-3/h4-7H,1H2,2-3H3. The molecule has 12 heavy (non-hydrogen) atoms. The van der Waals surface area contributed by atoms with Crippen molar-refractivity contribution in [3.05, 3.63) is 36.5 Å². The minimum absolute atomic E-state index is 0.0376. The summed E-state index contributed by atoms with van der Waals surface area (Å²) in [7, 11) is 1.57. The molecule has 0 saturated heterocycles. The van der Waals surface area contributed by atoms with Crippen LogP contribution in [0.25, 0.3) is 0 Å². The monoisotopic (exact) mass is 167 g/mol. The summed E-state index contributed by atoms with van der Waals surface area (Å²) in [6.07, 6.45) is 0. The minimum Gasteiger partial charge on any atom is -0.496 e. The Morgan fingerprint density at radius 1 is 1.50 bits per heavy atom. The van der Waals surface area contributed by atoms with E-state index in [1.165, 1.54) is 12.1 Å². The predicted octanol–water partition coefficient (Wildman–Crippen LogP) is 2.77. The third-order valence-electron chi connectivity index (χ3n) is 1.72. The van der Waals surface area contributed by atoms with Crippen molar-refractivity contribution >= 4 is 0 Å². The highest BCUT2D eigenvalue weighted by atomic mass is 19.1. The molecule has 0 aliphatic heterocycles. The Labute approximate surface area is 72.2 Å². The highest BCUT2D eigenvalue weighted by Gasteiger charge is 2.07. The molecule has 0 amide bonds. The van der Waals surface area contributed by atoms with Gasteiger partial charge in [0.05, 0.1) is 7.11 Å². The molecule has 0 saturated carbocycles. The van der Waals surface area contributed by atoms with Gasteiger partial charge in [-0.1, -0.05) is 6.92 Å². The van der Waals surface area contributed by atoms with Gasteiger partial charge in [0.25, 0.3) is 0 Å². The van der Waals surface area contributed by atoms with Gasteiger partial charge in [-0.25, -0.2) is 4.39 Å². The van der Waals surface area contributed by atoms with Crippen LogP contribution in [0, 0.1) is 12.7 Å². The number of hydrogen-bond acceptors (Lipinski definition) is 1. The van der Waals surface area contributed by atoms with Gasteiger partial charge in [-0.15, -0.1) is 0 Å². The fourth-order valence-corrected chi connectivity index (χ4v) is 1.09. The van der Waals surface area contributed by atoms with E-state index in [0.717, 1.165) is 5.56 Å². The van der Waals surface area contributed by atoms with Gasteiger partial charge in [-0.2, -0.15) is 0 Å². The smallest absolute Gasteiger partial charge is 0.123 e. The molecule has 0 aliphatic carbocycles. The quantitative estimate of drug-likeness (QED) is 0.658. The zero-order chi connectivity index (χ0) is 9.14. The molecule has 0 aliphatic rings. The lowest BCUT2D eigenvalue weighted by atomic mass is 10.0. The van der Waals surface area contributed by atoms with Gasteiger partial charge in [0.1, 0.15) is 11.6 Å². The largest absolute Gasteiger partial charge is 0.496 e. The summed E-state index contributed by atoms with van der Waals surface area (Å²) < 4.78 is 17.8. The van der Waals surface area contributed by atoms with E-state index < -0.39 is 0 Å². The molecule has 1 nitrogen and oxygen atoms in total. The topological polar surface area (TPSA) is 9.23 Å². The second-order valence-electron chi connectivity index (χ2n) is 2.79. The Bertz CT molecular complexity index is 269. The Morgan fingerprint density at radius 2 is 2.17 bits per heavy atom. The molecule has 1 aromatic carbocycles. The van der Waals surface area contributed by atoms with Crippen molar-refractivity contribution < 1.29 is 9.13 Å². The van der Waals surface area contributed by atoms with E-state index in [-0.39, 0.29) is 11.7 Å². The first-order valence-corrected chi connectivity index (χ1v) is 3.81. The zero-order valence-electron chi connectivity index (χ0n) is 7.30. The number of methoxy groups -OCH3 is 1. The van der Waals surface area contributed by atoms with E-state index in [1.54, 1.807) is 13.2 Å². The molecule has 0 heterocycles. The number of halogens is 1. The molecule has 0 bridgehead atoms. The number of hydrogen-bond donors (Lipinski definition) is 0. The van der Waals surface area contributed by atoms with Crippen LogP contribution < -0.4 is 4.74 Å². The summed E-state index contributed by atoms with van der Waals surface area (Å²) in [5.74, 6) is 0.482. The maximum Gasteiger partial charge on any atom is 0.123 e. The third-order valence-corrected chi connectivity index (χ3v) is 1.72. The van der Waals surface area contributed by atoms with Crippen LogP contribution in [0.3, 0.4) is 0 Å². The average Bonchev–Trinajstić information content (AvgIpc) is 2.04. The highest BCUT2D eigenvalue weighted by Crippen LogP contribution is 2.26. The molecule has 1 aromatic rings.